The molecular formula is C57H38N2. The molecule has 1 aromatic heterocycles. The van der Waals surface area contributed by atoms with Gasteiger partial charge in [-0.15, -0.1) is 0 Å². The van der Waals surface area contributed by atoms with Crippen LogP contribution in [0.1, 0.15) is 0 Å². The minimum Gasteiger partial charge on any atom is -0.311 e. The van der Waals surface area contributed by atoms with Crippen molar-refractivity contribution in [3.8, 4) is 44.6 Å². The Morgan fingerprint density at radius 2 is 0.661 bits per heavy atom. The first-order chi connectivity index (χ1) is 29.2. The SMILES string of the molecule is c1ccc(-c2ccc(N(c3ccc(-c4ccccc4)cc3)c3ccc(-c4cc5ccccc5nc4-c4ccc5c6ccccc6c6ccccc6c5c4)cc3)cc2)cc1. The summed E-state index contributed by atoms with van der Waals surface area (Å²) < 4.78 is 0. The second-order valence-electron chi connectivity index (χ2n) is 15.1. The van der Waals surface area contributed by atoms with Gasteiger partial charge in [0.15, 0.2) is 0 Å². The summed E-state index contributed by atoms with van der Waals surface area (Å²) in [4.78, 5) is 7.72. The molecule has 0 saturated carbocycles. The van der Waals surface area contributed by atoms with Gasteiger partial charge in [-0.2, -0.15) is 0 Å². The fourth-order valence-corrected chi connectivity index (χ4v) is 8.72. The predicted molar refractivity (Wildman–Crippen MR) is 251 cm³/mol. The number of rotatable bonds is 7. The van der Waals surface area contributed by atoms with Gasteiger partial charge in [0.1, 0.15) is 0 Å². The van der Waals surface area contributed by atoms with Crippen molar-refractivity contribution in [3.05, 3.63) is 231 Å². The van der Waals surface area contributed by atoms with Crippen molar-refractivity contribution in [2.75, 3.05) is 4.90 Å². The number of aromatic nitrogens is 1. The van der Waals surface area contributed by atoms with Crippen LogP contribution in [0.2, 0.25) is 0 Å². The highest BCUT2D eigenvalue weighted by Gasteiger charge is 2.17. The van der Waals surface area contributed by atoms with Gasteiger partial charge in [-0.25, -0.2) is 4.98 Å². The molecule has 0 atom stereocenters. The molecule has 0 radical (unpaired) electrons. The zero-order chi connectivity index (χ0) is 39.1. The van der Waals surface area contributed by atoms with Crippen molar-refractivity contribution in [2.45, 2.75) is 0 Å². The largest absolute Gasteiger partial charge is 0.311 e. The fraction of sp³-hybridized carbons (Fsp3) is 0. The lowest BCUT2D eigenvalue weighted by Crippen LogP contribution is -2.09. The Morgan fingerprint density at radius 3 is 1.19 bits per heavy atom. The zero-order valence-electron chi connectivity index (χ0n) is 32.3. The van der Waals surface area contributed by atoms with Crippen LogP contribution in [0.4, 0.5) is 17.1 Å². The quantitative estimate of drug-likeness (QED) is 0.151. The van der Waals surface area contributed by atoms with Crippen LogP contribution in [-0.2, 0) is 0 Å². The summed E-state index contributed by atoms with van der Waals surface area (Å²) in [6.07, 6.45) is 0. The van der Waals surface area contributed by atoms with Gasteiger partial charge in [0.05, 0.1) is 11.2 Å². The lowest BCUT2D eigenvalue weighted by atomic mass is 9.91. The van der Waals surface area contributed by atoms with E-state index in [-0.39, 0.29) is 0 Å². The normalized spacial score (nSPS) is 11.4. The van der Waals surface area contributed by atoms with E-state index in [4.69, 9.17) is 4.98 Å². The number of nitrogens with zero attached hydrogens (tertiary/aromatic N) is 2. The average Bonchev–Trinajstić information content (AvgIpc) is 3.32. The molecule has 0 spiro atoms. The van der Waals surface area contributed by atoms with Gasteiger partial charge in [0.25, 0.3) is 0 Å². The Kier molecular flexibility index (Phi) is 8.52. The van der Waals surface area contributed by atoms with Crippen LogP contribution in [0.5, 0.6) is 0 Å². The molecule has 2 nitrogen and oxygen atoms in total. The van der Waals surface area contributed by atoms with Crippen molar-refractivity contribution >= 4 is 60.3 Å². The fourth-order valence-electron chi connectivity index (χ4n) is 8.72. The Labute approximate surface area is 343 Å². The highest BCUT2D eigenvalue weighted by molar-refractivity contribution is 6.25. The molecule has 11 rings (SSSR count). The van der Waals surface area contributed by atoms with Crippen molar-refractivity contribution in [2.24, 2.45) is 0 Å². The molecule has 0 bridgehead atoms. The molecule has 1 heterocycles. The van der Waals surface area contributed by atoms with E-state index in [9.17, 15) is 0 Å². The molecule has 276 valence electrons. The average molecular weight is 751 g/mol. The zero-order valence-corrected chi connectivity index (χ0v) is 32.3. The monoisotopic (exact) mass is 750 g/mol. The lowest BCUT2D eigenvalue weighted by Gasteiger charge is -2.26. The van der Waals surface area contributed by atoms with Crippen LogP contribution < -0.4 is 4.90 Å². The number of fused-ring (bicyclic) bond motifs is 7. The minimum absolute atomic E-state index is 0.973. The number of anilines is 3. The molecule has 0 N–H and O–H groups in total. The Morgan fingerprint density at radius 1 is 0.271 bits per heavy atom. The number of para-hydroxylation sites is 1. The van der Waals surface area contributed by atoms with Gasteiger partial charge in [-0.1, -0.05) is 176 Å². The predicted octanol–water partition coefficient (Wildman–Crippen LogP) is 15.8. The maximum atomic E-state index is 5.38. The second kappa shape index (κ2) is 14.6. The van der Waals surface area contributed by atoms with Crippen LogP contribution in [0, 0.1) is 0 Å². The Balaban J connectivity index is 1.03. The van der Waals surface area contributed by atoms with Crippen molar-refractivity contribution < 1.29 is 0 Å². The van der Waals surface area contributed by atoms with Gasteiger partial charge < -0.3 is 4.90 Å². The summed E-state index contributed by atoms with van der Waals surface area (Å²) in [6.45, 7) is 0. The molecule has 0 saturated heterocycles. The number of pyridine rings is 1. The molecule has 2 heteroatoms. The smallest absolute Gasteiger partial charge is 0.0788 e. The summed E-state index contributed by atoms with van der Waals surface area (Å²) in [5, 5.41) is 8.67. The third kappa shape index (κ3) is 6.28. The summed E-state index contributed by atoms with van der Waals surface area (Å²) in [6, 6.07) is 83.0. The minimum atomic E-state index is 0.973. The maximum Gasteiger partial charge on any atom is 0.0788 e. The maximum absolute atomic E-state index is 5.38. The molecule has 0 fully saturated rings. The highest BCUT2D eigenvalue weighted by Crippen LogP contribution is 2.42. The van der Waals surface area contributed by atoms with E-state index in [1.54, 1.807) is 0 Å². The van der Waals surface area contributed by atoms with Gasteiger partial charge >= 0.3 is 0 Å². The summed E-state index contributed by atoms with van der Waals surface area (Å²) in [5.74, 6) is 0. The van der Waals surface area contributed by atoms with E-state index in [0.717, 1.165) is 50.3 Å². The van der Waals surface area contributed by atoms with Crippen LogP contribution in [0.25, 0.3) is 87.9 Å². The van der Waals surface area contributed by atoms with Gasteiger partial charge in [-0.3, -0.25) is 0 Å². The molecule has 11 aromatic rings. The van der Waals surface area contributed by atoms with E-state index >= 15 is 0 Å². The number of hydrogen-bond acceptors (Lipinski definition) is 2. The van der Waals surface area contributed by atoms with E-state index in [2.05, 4.69) is 235 Å². The molecule has 10 aromatic carbocycles. The lowest BCUT2D eigenvalue weighted by molar-refractivity contribution is 1.28. The number of benzene rings is 10. The molecule has 0 amide bonds. The van der Waals surface area contributed by atoms with Gasteiger partial charge in [0, 0.05) is 33.6 Å². The van der Waals surface area contributed by atoms with Crippen LogP contribution in [0.3, 0.4) is 0 Å². The van der Waals surface area contributed by atoms with Crippen LogP contribution in [0.15, 0.2) is 231 Å². The molecular weight excluding hydrogens is 713 g/mol. The summed E-state index contributed by atoms with van der Waals surface area (Å²) in [5.41, 5.74) is 13.3. The Bertz CT molecular complexity index is 3160. The number of hydrogen-bond donors (Lipinski definition) is 0. The standard InChI is InChI=1S/C57H38N2/c1-3-13-39(14-4-1)41-23-30-46(31-24-41)59(47-32-25-42(26-33-47)40-15-5-2-6-16-40)48-34-27-43(28-35-48)54-37-44-17-7-12-22-56(44)58-57(54)45-29-36-53-51-20-9-8-18-49(51)50-19-10-11-21-52(50)55(53)38-45/h1-38H. The molecule has 0 aliphatic rings. The topological polar surface area (TPSA) is 16.1 Å². The first-order valence-corrected chi connectivity index (χ1v) is 20.2. The third-order valence-corrected chi connectivity index (χ3v) is 11.6. The summed E-state index contributed by atoms with van der Waals surface area (Å²) in [7, 11) is 0. The van der Waals surface area contributed by atoms with E-state index in [0.29, 0.717) is 0 Å². The molecule has 0 aliphatic heterocycles. The van der Waals surface area contributed by atoms with E-state index in [1.165, 1.54) is 54.6 Å². The Hall–Kier alpha value is -7.81. The van der Waals surface area contributed by atoms with E-state index in [1.807, 2.05) is 0 Å². The molecule has 0 aliphatic carbocycles. The van der Waals surface area contributed by atoms with Crippen LogP contribution in [-0.4, -0.2) is 4.98 Å². The first kappa shape index (κ1) is 34.4. The van der Waals surface area contributed by atoms with Crippen LogP contribution >= 0.6 is 0 Å². The molecule has 59 heavy (non-hydrogen) atoms. The summed E-state index contributed by atoms with van der Waals surface area (Å²) >= 11 is 0. The van der Waals surface area contributed by atoms with Crippen molar-refractivity contribution in [3.63, 3.8) is 0 Å². The molecule has 0 unspecified atom stereocenters. The van der Waals surface area contributed by atoms with E-state index < -0.39 is 0 Å². The third-order valence-electron chi connectivity index (χ3n) is 11.6. The second-order valence-corrected chi connectivity index (χ2v) is 15.1. The van der Waals surface area contributed by atoms with Crippen molar-refractivity contribution in [1.29, 1.82) is 0 Å². The van der Waals surface area contributed by atoms with Gasteiger partial charge in [-0.05, 0) is 115 Å². The van der Waals surface area contributed by atoms with Crippen molar-refractivity contribution in [1.82, 2.24) is 4.98 Å². The first-order valence-electron chi connectivity index (χ1n) is 20.2. The van der Waals surface area contributed by atoms with Gasteiger partial charge in [0.2, 0.25) is 0 Å². The highest BCUT2D eigenvalue weighted by atomic mass is 15.1.